The number of nitrogens with zero attached hydrogens (tertiary/aromatic N) is 3. The number of aromatic nitrogens is 3. The highest BCUT2D eigenvalue weighted by atomic mass is 32.2. The average Bonchev–Trinajstić information content (AvgIpc) is 3.29. The fourth-order valence-electron chi connectivity index (χ4n) is 4.12. The normalized spacial score (nSPS) is 15.0. The molecule has 0 radical (unpaired) electrons. The van der Waals surface area contributed by atoms with Crippen LogP contribution in [0.5, 0.6) is 0 Å². The number of benzene rings is 3. The first-order valence-corrected chi connectivity index (χ1v) is 12.8. The summed E-state index contributed by atoms with van der Waals surface area (Å²) >= 11 is 1.57. The number of nitrogens with one attached hydrogen (secondary N) is 2. The standard InChI is InChI=1S/C29H27N5OS/c1-20-10-9-15-24(18-20)31-27(35)26-21(2)30-28-32-29(36-19-23-13-7-4-8-14-23)33-34(28)25(26)17-16-22-11-5-3-6-12-22/h3-18,25H,19H2,1-2H3,(H,31,35)(H,30,32,33)/b17-16+. The zero-order valence-electron chi connectivity index (χ0n) is 20.2. The lowest BCUT2D eigenvalue weighted by molar-refractivity contribution is -0.113. The molecule has 0 saturated heterocycles. The van der Waals surface area contributed by atoms with Crippen LogP contribution in [-0.4, -0.2) is 20.7 Å². The summed E-state index contributed by atoms with van der Waals surface area (Å²) < 4.78 is 1.80. The first kappa shape index (κ1) is 23.6. The molecule has 0 saturated carbocycles. The molecule has 0 aliphatic carbocycles. The van der Waals surface area contributed by atoms with Crippen molar-refractivity contribution in [1.82, 2.24) is 14.8 Å². The molecule has 1 aliphatic rings. The Bertz CT molecular complexity index is 1430. The second kappa shape index (κ2) is 10.7. The van der Waals surface area contributed by atoms with Crippen LogP contribution < -0.4 is 10.6 Å². The number of anilines is 2. The first-order valence-electron chi connectivity index (χ1n) is 11.8. The molecule has 0 fully saturated rings. The summed E-state index contributed by atoms with van der Waals surface area (Å²) in [6.45, 7) is 3.91. The fraction of sp³-hybridized carbons (Fsp3) is 0.138. The van der Waals surface area contributed by atoms with Crippen molar-refractivity contribution in [2.75, 3.05) is 10.6 Å². The van der Waals surface area contributed by atoms with Crippen molar-refractivity contribution in [1.29, 1.82) is 0 Å². The van der Waals surface area contributed by atoms with E-state index in [0.717, 1.165) is 28.3 Å². The van der Waals surface area contributed by atoms with E-state index < -0.39 is 6.04 Å². The molecular formula is C29H27N5OS. The van der Waals surface area contributed by atoms with E-state index in [1.807, 2.05) is 98.8 Å². The molecule has 1 aliphatic heterocycles. The largest absolute Gasteiger partial charge is 0.328 e. The monoisotopic (exact) mass is 493 g/mol. The molecule has 2 heterocycles. The van der Waals surface area contributed by atoms with Gasteiger partial charge in [0.05, 0.1) is 5.57 Å². The number of aryl methyl sites for hydroxylation is 1. The maximum atomic E-state index is 13.5. The average molecular weight is 494 g/mol. The lowest BCUT2D eigenvalue weighted by Crippen LogP contribution is -2.30. The molecule has 0 spiro atoms. The Kier molecular flexibility index (Phi) is 7.00. The van der Waals surface area contributed by atoms with Gasteiger partial charge in [0.15, 0.2) is 0 Å². The molecule has 180 valence electrons. The van der Waals surface area contributed by atoms with Crippen molar-refractivity contribution < 1.29 is 4.79 Å². The van der Waals surface area contributed by atoms with Crippen LogP contribution in [0.25, 0.3) is 6.08 Å². The number of fused-ring (bicyclic) bond motifs is 1. The van der Waals surface area contributed by atoms with E-state index in [4.69, 9.17) is 10.1 Å². The van der Waals surface area contributed by atoms with Crippen LogP contribution >= 0.6 is 11.8 Å². The van der Waals surface area contributed by atoms with E-state index >= 15 is 0 Å². The van der Waals surface area contributed by atoms with Gasteiger partial charge in [-0.2, -0.15) is 4.98 Å². The second-order valence-electron chi connectivity index (χ2n) is 8.64. The van der Waals surface area contributed by atoms with E-state index in [1.165, 1.54) is 5.56 Å². The lowest BCUT2D eigenvalue weighted by atomic mass is 10.0. The van der Waals surface area contributed by atoms with Gasteiger partial charge in [-0.25, -0.2) is 4.68 Å². The quantitative estimate of drug-likeness (QED) is 0.289. The van der Waals surface area contributed by atoms with Crippen molar-refractivity contribution in [3.63, 3.8) is 0 Å². The van der Waals surface area contributed by atoms with Crippen LogP contribution in [0.4, 0.5) is 11.6 Å². The van der Waals surface area contributed by atoms with Crippen LogP contribution in [0.3, 0.4) is 0 Å². The van der Waals surface area contributed by atoms with Gasteiger partial charge in [-0.15, -0.1) is 5.10 Å². The van der Waals surface area contributed by atoms with Crippen molar-refractivity contribution >= 4 is 35.4 Å². The number of rotatable bonds is 7. The van der Waals surface area contributed by atoms with Crippen molar-refractivity contribution in [3.8, 4) is 0 Å². The molecule has 7 heteroatoms. The molecule has 1 atom stereocenters. The predicted octanol–water partition coefficient (Wildman–Crippen LogP) is 6.47. The van der Waals surface area contributed by atoms with Crippen LogP contribution in [-0.2, 0) is 10.5 Å². The second-order valence-corrected chi connectivity index (χ2v) is 9.58. The smallest absolute Gasteiger partial charge is 0.255 e. The summed E-state index contributed by atoms with van der Waals surface area (Å²) in [7, 11) is 0. The minimum atomic E-state index is -0.412. The van der Waals surface area contributed by atoms with Gasteiger partial charge >= 0.3 is 0 Å². The molecule has 1 amide bonds. The van der Waals surface area contributed by atoms with Gasteiger partial charge in [-0.05, 0) is 42.7 Å². The van der Waals surface area contributed by atoms with Crippen LogP contribution in [0.2, 0.25) is 0 Å². The van der Waals surface area contributed by atoms with Gasteiger partial charge in [0.1, 0.15) is 6.04 Å². The van der Waals surface area contributed by atoms with Gasteiger partial charge in [0.25, 0.3) is 5.91 Å². The van der Waals surface area contributed by atoms with Crippen LogP contribution in [0, 0.1) is 6.92 Å². The van der Waals surface area contributed by atoms with E-state index in [-0.39, 0.29) is 5.91 Å². The Morgan fingerprint density at radius 1 is 1.03 bits per heavy atom. The summed E-state index contributed by atoms with van der Waals surface area (Å²) in [5.74, 6) is 1.22. The summed E-state index contributed by atoms with van der Waals surface area (Å²) in [5, 5.41) is 11.8. The lowest BCUT2D eigenvalue weighted by Gasteiger charge is -2.26. The molecule has 5 rings (SSSR count). The van der Waals surface area contributed by atoms with E-state index in [0.29, 0.717) is 16.7 Å². The molecule has 2 N–H and O–H groups in total. The SMILES string of the molecule is CC1=C(C(=O)Nc2cccc(C)c2)C(/C=C/c2ccccc2)n2nc(SCc3ccccc3)nc2N1. The highest BCUT2D eigenvalue weighted by Gasteiger charge is 2.31. The molecule has 0 bridgehead atoms. The summed E-state index contributed by atoms with van der Waals surface area (Å²) in [6.07, 6.45) is 4.03. The first-order chi connectivity index (χ1) is 17.6. The Labute approximate surface area is 215 Å². The summed E-state index contributed by atoms with van der Waals surface area (Å²) in [6, 6.07) is 27.7. The summed E-state index contributed by atoms with van der Waals surface area (Å²) in [4.78, 5) is 18.2. The fourth-order valence-corrected chi connectivity index (χ4v) is 4.90. The molecular weight excluding hydrogens is 466 g/mol. The summed E-state index contributed by atoms with van der Waals surface area (Å²) in [5.41, 5.74) is 5.45. The number of hydrogen-bond donors (Lipinski definition) is 2. The Morgan fingerprint density at radius 3 is 2.53 bits per heavy atom. The maximum absolute atomic E-state index is 13.5. The van der Waals surface area contributed by atoms with Gasteiger partial charge in [0.2, 0.25) is 11.1 Å². The Hall–Kier alpha value is -4.10. The molecule has 1 aromatic heterocycles. The van der Waals surface area contributed by atoms with E-state index in [2.05, 4.69) is 22.8 Å². The van der Waals surface area contributed by atoms with E-state index in [9.17, 15) is 4.79 Å². The van der Waals surface area contributed by atoms with Crippen molar-refractivity contribution in [3.05, 3.63) is 119 Å². The predicted molar refractivity (Wildman–Crippen MR) is 147 cm³/mol. The van der Waals surface area contributed by atoms with Crippen LogP contribution in [0.1, 0.15) is 29.7 Å². The highest BCUT2D eigenvalue weighted by Crippen LogP contribution is 2.34. The van der Waals surface area contributed by atoms with Crippen molar-refractivity contribution in [2.45, 2.75) is 30.8 Å². The van der Waals surface area contributed by atoms with Gasteiger partial charge in [-0.3, -0.25) is 4.79 Å². The maximum Gasteiger partial charge on any atom is 0.255 e. The number of thioether (sulfide) groups is 1. The number of carbonyl (C=O) groups excluding carboxylic acids is 1. The Balaban J connectivity index is 1.46. The van der Waals surface area contributed by atoms with Crippen molar-refractivity contribution in [2.24, 2.45) is 0 Å². The molecule has 3 aromatic carbocycles. The Morgan fingerprint density at radius 2 is 1.78 bits per heavy atom. The number of amides is 1. The number of allylic oxidation sites excluding steroid dienone is 2. The number of carbonyl (C=O) groups is 1. The minimum absolute atomic E-state index is 0.173. The number of hydrogen-bond acceptors (Lipinski definition) is 5. The highest BCUT2D eigenvalue weighted by molar-refractivity contribution is 7.98. The van der Waals surface area contributed by atoms with E-state index in [1.54, 1.807) is 16.4 Å². The van der Waals surface area contributed by atoms with Gasteiger partial charge < -0.3 is 10.6 Å². The van der Waals surface area contributed by atoms with Gasteiger partial charge in [-0.1, -0.05) is 96.7 Å². The zero-order valence-corrected chi connectivity index (χ0v) is 21.0. The van der Waals surface area contributed by atoms with Gasteiger partial charge in [0, 0.05) is 17.1 Å². The third-order valence-electron chi connectivity index (χ3n) is 5.88. The zero-order chi connectivity index (χ0) is 24.9. The third kappa shape index (κ3) is 5.42. The molecule has 36 heavy (non-hydrogen) atoms. The molecule has 1 unspecified atom stereocenters. The van der Waals surface area contributed by atoms with Crippen LogP contribution in [0.15, 0.2) is 107 Å². The minimum Gasteiger partial charge on any atom is -0.328 e. The topological polar surface area (TPSA) is 71.8 Å². The molecule has 6 nitrogen and oxygen atoms in total. The molecule has 4 aromatic rings. The third-order valence-corrected chi connectivity index (χ3v) is 6.79.